The van der Waals surface area contributed by atoms with Crippen LogP contribution in [-0.4, -0.2) is 5.97 Å². The highest BCUT2D eigenvalue weighted by atomic mass is 35.5. The molecule has 0 aliphatic heterocycles. The van der Waals surface area contributed by atoms with Gasteiger partial charge in [0.15, 0.2) is 11.6 Å². The zero-order valence-corrected chi connectivity index (χ0v) is 11.3. The molecular formula is C14H9ClF3NO2. The van der Waals surface area contributed by atoms with Crippen LogP contribution in [0.25, 0.3) is 0 Å². The van der Waals surface area contributed by atoms with Crippen molar-refractivity contribution < 1.29 is 22.7 Å². The lowest BCUT2D eigenvalue weighted by molar-refractivity contribution is 0.0473. The van der Waals surface area contributed by atoms with Crippen LogP contribution in [0.4, 0.5) is 18.9 Å². The fraction of sp³-hybridized carbons (Fsp3) is 0.0714. The largest absolute Gasteiger partial charge is 0.457 e. The molecule has 0 radical (unpaired) electrons. The number of carbonyl (C=O) groups excluding carboxylic acids is 1. The molecule has 2 rings (SSSR count). The molecule has 0 unspecified atom stereocenters. The number of halogens is 4. The van der Waals surface area contributed by atoms with Gasteiger partial charge in [-0.2, -0.15) is 0 Å². The molecule has 0 saturated heterocycles. The van der Waals surface area contributed by atoms with E-state index in [-0.39, 0.29) is 22.9 Å². The summed E-state index contributed by atoms with van der Waals surface area (Å²) in [6, 6.07) is 5.22. The molecule has 0 saturated carbocycles. The number of carbonyl (C=O) groups is 1. The molecule has 0 aromatic heterocycles. The van der Waals surface area contributed by atoms with E-state index in [2.05, 4.69) is 0 Å². The number of hydrogen-bond donors (Lipinski definition) is 1. The van der Waals surface area contributed by atoms with E-state index in [4.69, 9.17) is 22.1 Å². The first-order valence-electron chi connectivity index (χ1n) is 5.74. The van der Waals surface area contributed by atoms with Gasteiger partial charge in [0, 0.05) is 11.8 Å². The van der Waals surface area contributed by atoms with Crippen molar-refractivity contribution in [3.05, 3.63) is 63.9 Å². The Kier molecular flexibility index (Phi) is 4.37. The monoisotopic (exact) mass is 315 g/mol. The van der Waals surface area contributed by atoms with Crippen molar-refractivity contribution >= 4 is 23.3 Å². The van der Waals surface area contributed by atoms with Crippen molar-refractivity contribution in [2.24, 2.45) is 0 Å². The molecule has 110 valence electrons. The van der Waals surface area contributed by atoms with Gasteiger partial charge in [-0.25, -0.2) is 18.0 Å². The molecule has 2 N–H and O–H groups in total. The Hall–Kier alpha value is -2.21. The first-order chi connectivity index (χ1) is 9.88. The lowest BCUT2D eigenvalue weighted by Crippen LogP contribution is -2.09. The standard InChI is InChI=1S/C14H9ClF3NO2/c15-9-2-1-7(3-10(9)16)6-21-14(20)8-4-11(17)12(18)5-13(8)19/h1-5H,6,19H2. The second-order valence-corrected chi connectivity index (χ2v) is 4.59. The lowest BCUT2D eigenvalue weighted by atomic mass is 10.1. The van der Waals surface area contributed by atoms with Gasteiger partial charge >= 0.3 is 5.97 Å². The van der Waals surface area contributed by atoms with E-state index in [1.165, 1.54) is 12.1 Å². The summed E-state index contributed by atoms with van der Waals surface area (Å²) in [5.74, 6) is -3.98. The van der Waals surface area contributed by atoms with Crippen molar-refractivity contribution in [3.63, 3.8) is 0 Å². The minimum absolute atomic E-state index is 0.0603. The average molecular weight is 316 g/mol. The Morgan fingerprint density at radius 3 is 2.43 bits per heavy atom. The summed E-state index contributed by atoms with van der Waals surface area (Å²) in [4.78, 5) is 11.7. The normalized spacial score (nSPS) is 10.5. The van der Waals surface area contributed by atoms with Crippen LogP contribution in [-0.2, 0) is 11.3 Å². The predicted octanol–water partition coefficient (Wildman–Crippen LogP) is 3.70. The molecule has 0 heterocycles. The van der Waals surface area contributed by atoms with Crippen molar-refractivity contribution in [1.29, 1.82) is 0 Å². The van der Waals surface area contributed by atoms with Crippen LogP contribution in [0.15, 0.2) is 30.3 Å². The Bertz CT molecular complexity index is 707. The number of esters is 1. The van der Waals surface area contributed by atoms with E-state index in [0.717, 1.165) is 6.07 Å². The van der Waals surface area contributed by atoms with Gasteiger partial charge in [0.25, 0.3) is 0 Å². The van der Waals surface area contributed by atoms with Crippen LogP contribution >= 0.6 is 11.6 Å². The topological polar surface area (TPSA) is 52.3 Å². The molecule has 0 aliphatic carbocycles. The van der Waals surface area contributed by atoms with Gasteiger partial charge in [-0.15, -0.1) is 0 Å². The molecular weight excluding hydrogens is 307 g/mol. The lowest BCUT2D eigenvalue weighted by Gasteiger charge is -2.08. The Morgan fingerprint density at radius 1 is 1.10 bits per heavy atom. The highest BCUT2D eigenvalue weighted by Crippen LogP contribution is 2.20. The van der Waals surface area contributed by atoms with E-state index in [9.17, 15) is 18.0 Å². The fourth-order valence-corrected chi connectivity index (χ4v) is 1.71. The average Bonchev–Trinajstić information content (AvgIpc) is 2.44. The molecule has 0 fully saturated rings. The number of anilines is 1. The number of hydrogen-bond acceptors (Lipinski definition) is 3. The molecule has 3 nitrogen and oxygen atoms in total. The number of nitrogens with two attached hydrogens (primary N) is 1. The molecule has 0 atom stereocenters. The van der Waals surface area contributed by atoms with E-state index < -0.39 is 23.4 Å². The van der Waals surface area contributed by atoms with Crippen LogP contribution in [0.5, 0.6) is 0 Å². The summed E-state index contributed by atoms with van der Waals surface area (Å²) in [5.41, 5.74) is 5.22. The number of ether oxygens (including phenoxy) is 1. The fourth-order valence-electron chi connectivity index (χ4n) is 1.60. The van der Waals surface area contributed by atoms with Gasteiger partial charge in [0.2, 0.25) is 0 Å². The van der Waals surface area contributed by atoms with Crippen LogP contribution in [0.1, 0.15) is 15.9 Å². The highest BCUT2D eigenvalue weighted by Gasteiger charge is 2.16. The van der Waals surface area contributed by atoms with Crippen molar-refractivity contribution in [3.8, 4) is 0 Å². The van der Waals surface area contributed by atoms with Crippen LogP contribution in [0.2, 0.25) is 5.02 Å². The Balaban J connectivity index is 2.11. The summed E-state index contributed by atoms with van der Waals surface area (Å²) < 4.78 is 44.0. The highest BCUT2D eigenvalue weighted by molar-refractivity contribution is 6.30. The SMILES string of the molecule is Nc1cc(F)c(F)cc1C(=O)OCc1ccc(Cl)c(F)c1. The molecule has 0 spiro atoms. The van der Waals surface area contributed by atoms with Crippen LogP contribution < -0.4 is 5.73 Å². The molecule has 0 bridgehead atoms. The molecule has 0 aliphatic rings. The van der Waals surface area contributed by atoms with Crippen LogP contribution in [0.3, 0.4) is 0 Å². The Labute approximate surface area is 123 Å². The maximum Gasteiger partial charge on any atom is 0.340 e. The first kappa shape index (κ1) is 15.2. The van der Waals surface area contributed by atoms with E-state index in [0.29, 0.717) is 17.7 Å². The summed E-state index contributed by atoms with van der Waals surface area (Å²) >= 11 is 5.52. The third kappa shape index (κ3) is 3.46. The van der Waals surface area contributed by atoms with E-state index in [1.807, 2.05) is 0 Å². The summed E-state index contributed by atoms with van der Waals surface area (Å²) in [7, 11) is 0. The summed E-state index contributed by atoms with van der Waals surface area (Å²) in [6.07, 6.45) is 0. The van der Waals surface area contributed by atoms with Gasteiger partial charge in [0.05, 0.1) is 10.6 Å². The van der Waals surface area contributed by atoms with Crippen molar-refractivity contribution in [2.75, 3.05) is 5.73 Å². The zero-order chi connectivity index (χ0) is 15.6. The third-order valence-corrected chi connectivity index (χ3v) is 2.97. The minimum Gasteiger partial charge on any atom is -0.457 e. The van der Waals surface area contributed by atoms with E-state index in [1.54, 1.807) is 0 Å². The van der Waals surface area contributed by atoms with Crippen molar-refractivity contribution in [2.45, 2.75) is 6.61 Å². The molecule has 2 aromatic carbocycles. The molecule has 0 amide bonds. The van der Waals surface area contributed by atoms with Crippen LogP contribution in [0, 0.1) is 17.5 Å². The number of nitrogen functional groups attached to an aromatic ring is 1. The smallest absolute Gasteiger partial charge is 0.340 e. The minimum atomic E-state index is -1.21. The second-order valence-electron chi connectivity index (χ2n) is 4.18. The van der Waals surface area contributed by atoms with Gasteiger partial charge in [-0.3, -0.25) is 0 Å². The van der Waals surface area contributed by atoms with E-state index >= 15 is 0 Å². The second kappa shape index (κ2) is 6.05. The van der Waals surface area contributed by atoms with Gasteiger partial charge in [-0.1, -0.05) is 17.7 Å². The maximum atomic E-state index is 13.2. The quantitative estimate of drug-likeness (QED) is 0.694. The van der Waals surface area contributed by atoms with Gasteiger partial charge in [0.1, 0.15) is 12.4 Å². The van der Waals surface area contributed by atoms with Gasteiger partial charge in [-0.05, 0) is 23.8 Å². The number of rotatable bonds is 3. The predicted molar refractivity (Wildman–Crippen MR) is 71.3 cm³/mol. The summed E-state index contributed by atoms with van der Waals surface area (Å²) in [5, 5.41) is -0.0603. The zero-order valence-electron chi connectivity index (χ0n) is 10.5. The third-order valence-electron chi connectivity index (χ3n) is 2.67. The summed E-state index contributed by atoms with van der Waals surface area (Å²) in [6.45, 7) is -0.259. The first-order valence-corrected chi connectivity index (χ1v) is 6.12. The number of benzene rings is 2. The molecule has 7 heteroatoms. The molecule has 2 aromatic rings. The van der Waals surface area contributed by atoms with Crippen molar-refractivity contribution in [1.82, 2.24) is 0 Å². The Morgan fingerprint density at radius 2 is 1.76 bits per heavy atom. The molecule has 21 heavy (non-hydrogen) atoms. The maximum absolute atomic E-state index is 13.2. The van der Waals surface area contributed by atoms with Gasteiger partial charge < -0.3 is 10.5 Å².